The van der Waals surface area contributed by atoms with Gasteiger partial charge in [-0.1, -0.05) is 12.1 Å². The monoisotopic (exact) mass is 448 g/mol. The third kappa shape index (κ3) is 6.55. The maximum absolute atomic E-state index is 6.18. The Morgan fingerprint density at radius 1 is 1.24 bits per heavy atom. The van der Waals surface area contributed by atoms with Gasteiger partial charge in [0.15, 0.2) is 5.96 Å². The molecule has 0 amide bonds. The molecule has 33 heavy (non-hydrogen) atoms. The second-order valence-corrected chi connectivity index (χ2v) is 8.19. The largest absolute Gasteiger partial charge is 0.493 e. The van der Waals surface area contributed by atoms with Gasteiger partial charge in [-0.2, -0.15) is 0 Å². The second kappa shape index (κ2) is 11.5. The van der Waals surface area contributed by atoms with Crippen LogP contribution in [0.4, 0.5) is 0 Å². The van der Waals surface area contributed by atoms with Gasteiger partial charge in [-0.25, -0.2) is 15.0 Å². The van der Waals surface area contributed by atoms with E-state index in [-0.39, 0.29) is 0 Å². The van der Waals surface area contributed by atoms with E-state index in [1.54, 1.807) is 18.7 Å². The molecule has 8 heteroatoms. The van der Waals surface area contributed by atoms with Gasteiger partial charge in [-0.3, -0.25) is 4.57 Å². The van der Waals surface area contributed by atoms with Gasteiger partial charge < -0.3 is 20.1 Å². The van der Waals surface area contributed by atoms with Crippen LogP contribution in [0.25, 0.3) is 5.82 Å². The predicted octanol–water partition coefficient (Wildman–Crippen LogP) is 3.25. The molecular formula is C25H32N6O2. The highest BCUT2D eigenvalue weighted by Gasteiger charge is 2.17. The summed E-state index contributed by atoms with van der Waals surface area (Å²) in [6.45, 7) is 8.39. The number of aliphatic imine (C=N–C) groups is 1. The van der Waals surface area contributed by atoms with Crippen molar-refractivity contribution in [2.45, 2.75) is 33.4 Å². The Morgan fingerprint density at radius 2 is 2.18 bits per heavy atom. The van der Waals surface area contributed by atoms with Crippen LogP contribution in [0, 0.1) is 12.8 Å². The van der Waals surface area contributed by atoms with Gasteiger partial charge in [0.25, 0.3) is 0 Å². The van der Waals surface area contributed by atoms with Crippen molar-refractivity contribution in [3.05, 3.63) is 71.9 Å². The van der Waals surface area contributed by atoms with Crippen molar-refractivity contribution in [2.75, 3.05) is 26.4 Å². The predicted molar refractivity (Wildman–Crippen MR) is 129 cm³/mol. The first-order valence-electron chi connectivity index (χ1n) is 11.5. The van der Waals surface area contributed by atoms with E-state index in [0.29, 0.717) is 25.6 Å². The Hall–Kier alpha value is -3.39. The molecule has 8 nitrogen and oxygen atoms in total. The summed E-state index contributed by atoms with van der Waals surface area (Å²) >= 11 is 0. The molecular weight excluding hydrogens is 416 g/mol. The molecule has 0 aliphatic carbocycles. The average molecular weight is 449 g/mol. The lowest BCUT2D eigenvalue weighted by Crippen LogP contribution is -2.36. The van der Waals surface area contributed by atoms with Gasteiger partial charge >= 0.3 is 0 Å². The average Bonchev–Trinajstić information content (AvgIpc) is 3.55. The third-order valence-corrected chi connectivity index (χ3v) is 5.51. The zero-order chi connectivity index (χ0) is 22.9. The molecule has 1 fully saturated rings. The summed E-state index contributed by atoms with van der Waals surface area (Å²) < 4.78 is 13.5. The first kappa shape index (κ1) is 22.8. The Bertz CT molecular complexity index is 1040. The summed E-state index contributed by atoms with van der Waals surface area (Å²) in [5, 5.41) is 6.76. The van der Waals surface area contributed by atoms with Crippen LogP contribution in [0.15, 0.2) is 60.2 Å². The van der Waals surface area contributed by atoms with Crippen LogP contribution in [0.1, 0.15) is 30.0 Å². The Morgan fingerprint density at radius 3 is 2.97 bits per heavy atom. The summed E-state index contributed by atoms with van der Waals surface area (Å²) in [4.78, 5) is 13.3. The number of rotatable bonds is 9. The second-order valence-electron chi connectivity index (χ2n) is 8.19. The number of nitrogens with zero attached hydrogens (tertiary/aromatic N) is 4. The summed E-state index contributed by atoms with van der Waals surface area (Å²) in [6, 6.07) is 10.3. The fraction of sp³-hybridized carbons (Fsp3) is 0.400. The number of aryl methyl sites for hydroxylation is 1. The maximum atomic E-state index is 6.18. The lowest BCUT2D eigenvalue weighted by atomic mass is 10.1. The van der Waals surface area contributed by atoms with E-state index < -0.39 is 0 Å². The Balaban J connectivity index is 1.40. The topological polar surface area (TPSA) is 85.6 Å². The minimum atomic E-state index is 0.470. The van der Waals surface area contributed by atoms with Gasteiger partial charge in [0.1, 0.15) is 17.9 Å². The molecule has 2 N–H and O–H groups in total. The van der Waals surface area contributed by atoms with E-state index in [9.17, 15) is 0 Å². The van der Waals surface area contributed by atoms with Crippen LogP contribution < -0.4 is 15.4 Å². The van der Waals surface area contributed by atoms with Crippen molar-refractivity contribution < 1.29 is 9.47 Å². The van der Waals surface area contributed by atoms with Gasteiger partial charge in [0.05, 0.1) is 19.8 Å². The standard InChI is InChI=1S/C25H32N6O2/c1-3-27-25(29-14-20-6-8-28-24(13-20)31-10-9-26-18-31)30-15-22-5-4-19(2)12-23(22)33-17-21-7-11-32-16-21/h4-6,8-10,12-13,18,21H,3,7,11,14-17H2,1-2H3,(H2,27,29,30). The first-order chi connectivity index (χ1) is 16.2. The first-order valence-corrected chi connectivity index (χ1v) is 11.5. The van der Waals surface area contributed by atoms with Crippen molar-refractivity contribution in [3.63, 3.8) is 0 Å². The van der Waals surface area contributed by atoms with E-state index in [4.69, 9.17) is 14.5 Å². The molecule has 4 rings (SSSR count). The van der Waals surface area contributed by atoms with Gasteiger partial charge in [-0.15, -0.1) is 0 Å². The van der Waals surface area contributed by atoms with Crippen molar-refractivity contribution in [1.82, 2.24) is 25.2 Å². The molecule has 1 aromatic carbocycles. The molecule has 0 bridgehead atoms. The maximum Gasteiger partial charge on any atom is 0.191 e. The van der Waals surface area contributed by atoms with E-state index in [0.717, 1.165) is 54.8 Å². The van der Waals surface area contributed by atoms with Crippen molar-refractivity contribution in [3.8, 4) is 11.6 Å². The third-order valence-electron chi connectivity index (χ3n) is 5.51. The molecule has 1 saturated heterocycles. The lowest BCUT2D eigenvalue weighted by molar-refractivity contribution is 0.166. The quantitative estimate of drug-likeness (QED) is 0.386. The normalized spacial score (nSPS) is 16.1. The minimum Gasteiger partial charge on any atom is -0.493 e. The highest BCUT2D eigenvalue weighted by Crippen LogP contribution is 2.22. The SMILES string of the molecule is CCNC(=NCc1ccnc(-n2ccnc2)c1)NCc1ccc(C)cc1OCC1CCOC1. The van der Waals surface area contributed by atoms with Crippen LogP contribution in [-0.4, -0.2) is 46.9 Å². The Labute approximate surface area is 195 Å². The molecule has 0 saturated carbocycles. The molecule has 1 aliphatic heterocycles. The van der Waals surface area contributed by atoms with Gasteiger partial charge in [-0.05, 0) is 49.6 Å². The molecule has 2 aromatic heterocycles. The fourth-order valence-electron chi connectivity index (χ4n) is 3.65. The smallest absolute Gasteiger partial charge is 0.191 e. The van der Waals surface area contributed by atoms with Crippen LogP contribution in [0.2, 0.25) is 0 Å². The van der Waals surface area contributed by atoms with Crippen molar-refractivity contribution in [2.24, 2.45) is 10.9 Å². The highest BCUT2D eigenvalue weighted by atomic mass is 16.5. The van der Waals surface area contributed by atoms with Gasteiger partial charge in [0.2, 0.25) is 0 Å². The number of guanidine groups is 1. The highest BCUT2D eigenvalue weighted by molar-refractivity contribution is 5.79. The molecule has 1 aliphatic rings. The molecule has 1 atom stereocenters. The van der Waals surface area contributed by atoms with E-state index >= 15 is 0 Å². The summed E-state index contributed by atoms with van der Waals surface area (Å²) in [5.41, 5.74) is 3.36. The molecule has 0 radical (unpaired) electrons. The summed E-state index contributed by atoms with van der Waals surface area (Å²) in [7, 11) is 0. The lowest BCUT2D eigenvalue weighted by Gasteiger charge is -2.17. The number of benzene rings is 1. The number of ether oxygens (including phenoxy) is 2. The van der Waals surface area contributed by atoms with Crippen LogP contribution in [0.5, 0.6) is 5.75 Å². The van der Waals surface area contributed by atoms with Crippen molar-refractivity contribution in [1.29, 1.82) is 0 Å². The molecule has 174 valence electrons. The Kier molecular flexibility index (Phi) is 7.92. The zero-order valence-electron chi connectivity index (χ0n) is 19.3. The molecule has 0 spiro atoms. The van der Waals surface area contributed by atoms with Crippen molar-refractivity contribution >= 4 is 5.96 Å². The number of hydrogen-bond acceptors (Lipinski definition) is 5. The summed E-state index contributed by atoms with van der Waals surface area (Å²) in [6.07, 6.45) is 8.22. The molecule has 3 heterocycles. The van der Waals surface area contributed by atoms with Gasteiger partial charge in [0, 0.05) is 49.8 Å². The number of hydrogen-bond donors (Lipinski definition) is 2. The number of pyridine rings is 1. The zero-order valence-corrected chi connectivity index (χ0v) is 19.3. The molecule has 3 aromatic rings. The number of nitrogens with one attached hydrogen (secondary N) is 2. The minimum absolute atomic E-state index is 0.470. The fourth-order valence-corrected chi connectivity index (χ4v) is 3.65. The number of aromatic nitrogens is 3. The molecule has 1 unspecified atom stereocenters. The van der Waals surface area contributed by atoms with E-state index in [1.165, 1.54) is 5.56 Å². The summed E-state index contributed by atoms with van der Waals surface area (Å²) in [5.74, 6) is 2.98. The van der Waals surface area contributed by atoms with Crippen LogP contribution in [0.3, 0.4) is 0 Å². The van der Waals surface area contributed by atoms with E-state index in [1.807, 2.05) is 22.9 Å². The van der Waals surface area contributed by atoms with Crippen LogP contribution >= 0.6 is 0 Å². The van der Waals surface area contributed by atoms with Crippen LogP contribution in [-0.2, 0) is 17.8 Å². The van der Waals surface area contributed by atoms with E-state index in [2.05, 4.69) is 52.6 Å². The number of imidazole rings is 1.